The molecule has 1 aliphatic heterocycles. The fraction of sp³-hybridized carbons (Fsp3) is 0.421. The van der Waals surface area contributed by atoms with Crippen LogP contribution >= 0.6 is 0 Å². The number of piperidine rings is 1. The van der Waals surface area contributed by atoms with Gasteiger partial charge in [0.1, 0.15) is 17.2 Å². The Morgan fingerprint density at radius 3 is 2.76 bits per heavy atom. The van der Waals surface area contributed by atoms with Crippen LogP contribution in [-0.2, 0) is 6.42 Å². The minimum absolute atomic E-state index is 0.105. The molecule has 5 nitrogen and oxygen atoms in total. The van der Waals surface area contributed by atoms with Crippen LogP contribution in [0.15, 0.2) is 30.3 Å². The summed E-state index contributed by atoms with van der Waals surface area (Å²) in [6.45, 7) is 2.85. The number of nitrogens with zero attached hydrogens (tertiary/aromatic N) is 2. The standard InChI is InChI=1S/C19H22FN3O2/c1-13(24)17-11-18(22-21-17)19(25)23-10-2-3-15(12-23)5-4-14-6-8-16(20)9-7-14/h6-9,11,15H,2-5,10,12H2,1H3,(H,21,22). The predicted octanol–water partition coefficient (Wildman–Crippen LogP) is 3.24. The van der Waals surface area contributed by atoms with Gasteiger partial charge in [-0.2, -0.15) is 5.10 Å². The molecule has 1 aromatic carbocycles. The second-order valence-corrected chi connectivity index (χ2v) is 6.65. The number of nitrogens with one attached hydrogen (secondary N) is 1. The van der Waals surface area contributed by atoms with Crippen LogP contribution in [0.5, 0.6) is 0 Å². The Bertz CT molecular complexity index is 754. The Labute approximate surface area is 146 Å². The summed E-state index contributed by atoms with van der Waals surface area (Å²) in [5.74, 6) is -0.0572. The summed E-state index contributed by atoms with van der Waals surface area (Å²) in [7, 11) is 0. The monoisotopic (exact) mass is 343 g/mol. The van der Waals surface area contributed by atoms with Crippen molar-refractivity contribution in [3.8, 4) is 0 Å². The van der Waals surface area contributed by atoms with Crippen molar-refractivity contribution in [1.82, 2.24) is 15.1 Å². The number of ketones is 1. The highest BCUT2D eigenvalue weighted by atomic mass is 19.1. The van der Waals surface area contributed by atoms with E-state index in [2.05, 4.69) is 10.2 Å². The number of aryl methyl sites for hydroxylation is 1. The number of amides is 1. The van der Waals surface area contributed by atoms with E-state index >= 15 is 0 Å². The van der Waals surface area contributed by atoms with Crippen LogP contribution in [0.2, 0.25) is 0 Å². The molecule has 0 bridgehead atoms. The molecular formula is C19H22FN3O2. The van der Waals surface area contributed by atoms with Crippen molar-refractivity contribution in [2.24, 2.45) is 5.92 Å². The quantitative estimate of drug-likeness (QED) is 0.848. The van der Waals surface area contributed by atoms with Gasteiger partial charge in [0.15, 0.2) is 5.78 Å². The van der Waals surface area contributed by atoms with Crippen molar-refractivity contribution in [2.45, 2.75) is 32.6 Å². The van der Waals surface area contributed by atoms with Gasteiger partial charge < -0.3 is 4.90 Å². The van der Waals surface area contributed by atoms with Crippen molar-refractivity contribution >= 4 is 11.7 Å². The minimum atomic E-state index is -0.220. The molecule has 0 saturated carbocycles. The number of rotatable bonds is 5. The molecule has 1 amide bonds. The van der Waals surface area contributed by atoms with Gasteiger partial charge in [0.05, 0.1) is 0 Å². The fourth-order valence-electron chi connectivity index (χ4n) is 3.29. The number of likely N-dealkylation sites (tertiary alicyclic amines) is 1. The zero-order valence-corrected chi connectivity index (χ0v) is 14.3. The molecule has 2 aromatic rings. The zero-order chi connectivity index (χ0) is 17.8. The van der Waals surface area contributed by atoms with E-state index in [0.29, 0.717) is 18.2 Å². The highest BCUT2D eigenvalue weighted by Crippen LogP contribution is 2.23. The number of hydrogen-bond donors (Lipinski definition) is 1. The van der Waals surface area contributed by atoms with Gasteiger partial charge in [-0.05, 0) is 55.4 Å². The molecule has 1 fully saturated rings. The average Bonchev–Trinajstić information content (AvgIpc) is 3.11. The summed E-state index contributed by atoms with van der Waals surface area (Å²) in [4.78, 5) is 25.7. The number of halogens is 1. The van der Waals surface area contributed by atoms with Gasteiger partial charge in [-0.1, -0.05) is 12.1 Å². The number of H-pyrrole nitrogens is 1. The molecule has 1 aromatic heterocycles. The normalized spacial score (nSPS) is 17.5. The third kappa shape index (κ3) is 4.32. The van der Waals surface area contributed by atoms with Crippen molar-refractivity contribution in [3.63, 3.8) is 0 Å². The predicted molar refractivity (Wildman–Crippen MR) is 91.9 cm³/mol. The molecule has 2 heterocycles. The second-order valence-electron chi connectivity index (χ2n) is 6.65. The average molecular weight is 343 g/mol. The van der Waals surface area contributed by atoms with Gasteiger partial charge in [0.25, 0.3) is 5.91 Å². The zero-order valence-electron chi connectivity index (χ0n) is 14.3. The second kappa shape index (κ2) is 7.59. The van der Waals surface area contributed by atoms with Crippen LogP contribution in [0, 0.1) is 11.7 Å². The summed E-state index contributed by atoms with van der Waals surface area (Å²) in [5, 5.41) is 6.55. The van der Waals surface area contributed by atoms with Crippen LogP contribution in [0.3, 0.4) is 0 Å². The molecule has 0 aliphatic carbocycles. The topological polar surface area (TPSA) is 66.1 Å². The van der Waals surface area contributed by atoms with Crippen molar-refractivity contribution in [2.75, 3.05) is 13.1 Å². The summed E-state index contributed by atoms with van der Waals surface area (Å²) in [6, 6.07) is 8.12. The van der Waals surface area contributed by atoms with Crippen molar-refractivity contribution in [3.05, 3.63) is 53.1 Å². The first kappa shape index (κ1) is 17.3. The van der Waals surface area contributed by atoms with Crippen molar-refractivity contribution < 1.29 is 14.0 Å². The lowest BCUT2D eigenvalue weighted by Crippen LogP contribution is -2.40. The molecule has 1 unspecified atom stereocenters. The summed E-state index contributed by atoms with van der Waals surface area (Å²) in [6.07, 6.45) is 3.91. The number of carbonyl (C=O) groups is 2. The third-order valence-corrected chi connectivity index (χ3v) is 4.73. The lowest BCUT2D eigenvalue weighted by Gasteiger charge is -2.32. The number of hydrogen-bond acceptors (Lipinski definition) is 3. The molecule has 25 heavy (non-hydrogen) atoms. The minimum Gasteiger partial charge on any atom is -0.337 e. The summed E-state index contributed by atoms with van der Waals surface area (Å²) in [5.41, 5.74) is 1.77. The lowest BCUT2D eigenvalue weighted by atomic mass is 9.91. The largest absolute Gasteiger partial charge is 0.337 e. The SMILES string of the molecule is CC(=O)c1cc(C(=O)N2CCCC(CCc3ccc(F)cc3)C2)[nH]n1. The third-order valence-electron chi connectivity index (χ3n) is 4.73. The number of carbonyl (C=O) groups excluding carboxylic acids is 2. The van der Waals surface area contributed by atoms with Gasteiger partial charge >= 0.3 is 0 Å². The summed E-state index contributed by atoms with van der Waals surface area (Å²) < 4.78 is 13.0. The highest BCUT2D eigenvalue weighted by Gasteiger charge is 2.25. The van der Waals surface area contributed by atoms with Gasteiger partial charge in [-0.15, -0.1) is 0 Å². The molecular weight excluding hydrogens is 321 g/mol. The Balaban J connectivity index is 1.57. The van der Waals surface area contributed by atoms with Gasteiger partial charge in [0, 0.05) is 20.0 Å². The number of benzene rings is 1. The van der Waals surface area contributed by atoms with E-state index in [9.17, 15) is 14.0 Å². The first-order valence-electron chi connectivity index (χ1n) is 8.63. The van der Waals surface area contributed by atoms with E-state index in [0.717, 1.165) is 37.8 Å². The Morgan fingerprint density at radius 1 is 1.32 bits per heavy atom. The smallest absolute Gasteiger partial charge is 0.271 e. The summed E-state index contributed by atoms with van der Waals surface area (Å²) >= 11 is 0. The molecule has 3 rings (SSSR count). The molecule has 1 atom stereocenters. The van der Waals surface area contributed by atoms with Gasteiger partial charge in [-0.25, -0.2) is 4.39 Å². The van der Waals surface area contributed by atoms with Crippen molar-refractivity contribution in [1.29, 1.82) is 0 Å². The fourth-order valence-corrected chi connectivity index (χ4v) is 3.29. The molecule has 0 radical (unpaired) electrons. The van der Waals surface area contributed by atoms with Crippen LogP contribution < -0.4 is 0 Å². The van der Waals surface area contributed by atoms with Crippen LogP contribution in [-0.4, -0.2) is 39.9 Å². The van der Waals surface area contributed by atoms with Gasteiger partial charge in [0.2, 0.25) is 0 Å². The van der Waals surface area contributed by atoms with E-state index < -0.39 is 0 Å². The molecule has 1 aliphatic rings. The molecule has 1 N–H and O–H groups in total. The Hall–Kier alpha value is -2.50. The van der Waals surface area contributed by atoms with Crippen LogP contribution in [0.25, 0.3) is 0 Å². The van der Waals surface area contributed by atoms with Gasteiger partial charge in [-0.3, -0.25) is 14.7 Å². The molecule has 0 spiro atoms. The number of aromatic nitrogens is 2. The lowest BCUT2D eigenvalue weighted by molar-refractivity contribution is 0.0662. The first-order chi connectivity index (χ1) is 12.0. The van der Waals surface area contributed by atoms with E-state index in [4.69, 9.17) is 0 Å². The maximum Gasteiger partial charge on any atom is 0.271 e. The van der Waals surface area contributed by atoms with E-state index in [1.165, 1.54) is 25.1 Å². The molecule has 1 saturated heterocycles. The maximum absolute atomic E-state index is 13.0. The number of aromatic amines is 1. The van der Waals surface area contributed by atoms with Crippen LogP contribution in [0.1, 0.15) is 52.7 Å². The molecule has 132 valence electrons. The highest BCUT2D eigenvalue weighted by molar-refractivity contribution is 5.97. The van der Waals surface area contributed by atoms with E-state index in [-0.39, 0.29) is 23.2 Å². The maximum atomic E-state index is 13.0. The van der Waals surface area contributed by atoms with Crippen LogP contribution in [0.4, 0.5) is 4.39 Å². The Kier molecular flexibility index (Phi) is 5.26. The number of Topliss-reactive ketones (excluding diaryl/α,β-unsaturated/α-hetero) is 1. The van der Waals surface area contributed by atoms with E-state index in [1.807, 2.05) is 17.0 Å². The van der Waals surface area contributed by atoms with E-state index in [1.54, 1.807) is 0 Å². The first-order valence-corrected chi connectivity index (χ1v) is 8.63. The molecule has 6 heteroatoms. The Morgan fingerprint density at radius 2 is 2.08 bits per heavy atom.